The van der Waals surface area contributed by atoms with E-state index in [1.165, 1.54) is 11.8 Å². The van der Waals surface area contributed by atoms with Crippen molar-refractivity contribution in [2.24, 2.45) is 0 Å². The highest BCUT2D eigenvalue weighted by molar-refractivity contribution is 5.95. The molecule has 28 heavy (non-hydrogen) atoms. The van der Waals surface area contributed by atoms with E-state index in [0.717, 1.165) is 12.1 Å². The number of nitrogens with zero attached hydrogens (tertiary/aromatic N) is 1. The average Bonchev–Trinajstić information content (AvgIpc) is 3.05. The molecular weight excluding hydrogens is 374 g/mol. The Hall–Kier alpha value is -2.71. The Balaban J connectivity index is 1.96. The van der Waals surface area contributed by atoms with Gasteiger partial charge in [-0.3, -0.25) is 9.69 Å². The van der Waals surface area contributed by atoms with Gasteiger partial charge in [-0.15, -0.1) is 0 Å². The molecule has 1 heterocycles. The first-order valence-electron chi connectivity index (χ1n) is 8.94. The van der Waals surface area contributed by atoms with Gasteiger partial charge in [-0.2, -0.15) is 0 Å². The Bertz CT molecular complexity index is 763. The van der Waals surface area contributed by atoms with Gasteiger partial charge in [0.2, 0.25) is 0 Å². The smallest absolute Gasteiger partial charge is 0.411 e. The molecule has 2 rings (SSSR count). The zero-order valence-electron chi connectivity index (χ0n) is 16.3. The van der Waals surface area contributed by atoms with Gasteiger partial charge in [0.25, 0.3) is 5.91 Å². The third-order valence-corrected chi connectivity index (χ3v) is 4.00. The van der Waals surface area contributed by atoms with Crippen molar-refractivity contribution in [3.63, 3.8) is 0 Å². The van der Waals surface area contributed by atoms with Crippen LogP contribution < -0.4 is 5.32 Å². The van der Waals surface area contributed by atoms with E-state index in [-0.39, 0.29) is 5.69 Å². The maximum atomic E-state index is 13.6. The summed E-state index contributed by atoms with van der Waals surface area (Å²) in [4.78, 5) is 38.1. The van der Waals surface area contributed by atoms with E-state index >= 15 is 0 Å². The summed E-state index contributed by atoms with van der Waals surface area (Å²) < 4.78 is 37.0. The maximum absolute atomic E-state index is 13.6. The second kappa shape index (κ2) is 8.53. The van der Waals surface area contributed by atoms with Crippen LogP contribution in [0.25, 0.3) is 0 Å². The first-order valence-corrected chi connectivity index (χ1v) is 8.94. The fourth-order valence-corrected chi connectivity index (χ4v) is 2.68. The minimum atomic E-state index is -1.24. The highest BCUT2D eigenvalue weighted by atomic mass is 19.1. The lowest BCUT2D eigenvalue weighted by molar-refractivity contribution is -0.157. The van der Waals surface area contributed by atoms with Gasteiger partial charge in [-0.05, 0) is 52.7 Å². The molecule has 0 radical (unpaired) electrons. The molecule has 1 aromatic rings. The summed E-state index contributed by atoms with van der Waals surface area (Å²) in [5, 5.41) is 2.24. The molecule has 1 aliphatic heterocycles. The Kier molecular flexibility index (Phi) is 6.58. The van der Waals surface area contributed by atoms with Crippen LogP contribution in [0.1, 0.15) is 40.5 Å². The zero-order chi connectivity index (χ0) is 21.1. The molecule has 0 spiro atoms. The van der Waals surface area contributed by atoms with Crippen LogP contribution in [-0.2, 0) is 19.1 Å². The van der Waals surface area contributed by atoms with Crippen molar-refractivity contribution >= 4 is 23.7 Å². The number of halogens is 2. The van der Waals surface area contributed by atoms with E-state index < -0.39 is 47.4 Å². The minimum absolute atomic E-state index is 0.231. The summed E-state index contributed by atoms with van der Waals surface area (Å²) in [5.74, 6) is -3.25. The summed E-state index contributed by atoms with van der Waals surface area (Å²) in [6.07, 6.45) is -0.880. The van der Waals surface area contributed by atoms with E-state index in [2.05, 4.69) is 5.32 Å². The summed E-state index contributed by atoms with van der Waals surface area (Å²) in [6, 6.07) is 1.83. The van der Waals surface area contributed by atoms with Crippen LogP contribution in [0, 0.1) is 11.6 Å². The van der Waals surface area contributed by atoms with Gasteiger partial charge in [0.05, 0.1) is 5.69 Å². The Labute approximate surface area is 162 Å². The number of anilines is 1. The number of nitrogens with one attached hydrogen (secondary N) is 1. The Morgan fingerprint density at radius 2 is 1.93 bits per heavy atom. The number of benzene rings is 1. The summed E-state index contributed by atoms with van der Waals surface area (Å²) in [7, 11) is 0. The molecule has 9 heteroatoms. The number of ether oxygens (including phenoxy) is 2. The van der Waals surface area contributed by atoms with Gasteiger partial charge < -0.3 is 14.8 Å². The largest absolute Gasteiger partial charge is 0.451 e. The van der Waals surface area contributed by atoms with Crippen LogP contribution in [0.4, 0.5) is 19.3 Å². The van der Waals surface area contributed by atoms with Gasteiger partial charge >= 0.3 is 12.1 Å². The van der Waals surface area contributed by atoms with E-state index in [9.17, 15) is 23.2 Å². The molecule has 2 atom stereocenters. The third-order valence-electron chi connectivity index (χ3n) is 4.00. The molecule has 1 aromatic carbocycles. The van der Waals surface area contributed by atoms with Crippen molar-refractivity contribution in [3.8, 4) is 0 Å². The van der Waals surface area contributed by atoms with Crippen molar-refractivity contribution in [2.45, 2.75) is 58.3 Å². The van der Waals surface area contributed by atoms with Crippen molar-refractivity contribution < 1.29 is 32.6 Å². The lowest BCUT2D eigenvalue weighted by atomic mass is 10.2. The number of carbonyl (C=O) groups is 3. The molecule has 0 bridgehead atoms. The van der Waals surface area contributed by atoms with Crippen molar-refractivity contribution in [1.82, 2.24) is 4.90 Å². The third kappa shape index (κ3) is 5.64. The highest BCUT2D eigenvalue weighted by Crippen LogP contribution is 2.22. The van der Waals surface area contributed by atoms with Gasteiger partial charge in [0.1, 0.15) is 23.3 Å². The Morgan fingerprint density at radius 3 is 2.54 bits per heavy atom. The second-order valence-electron chi connectivity index (χ2n) is 7.52. The van der Waals surface area contributed by atoms with Gasteiger partial charge in [0, 0.05) is 12.6 Å². The van der Waals surface area contributed by atoms with Crippen LogP contribution in [0.3, 0.4) is 0 Å². The van der Waals surface area contributed by atoms with Crippen molar-refractivity contribution in [3.05, 3.63) is 29.8 Å². The van der Waals surface area contributed by atoms with Crippen LogP contribution >= 0.6 is 0 Å². The number of amides is 2. The molecule has 1 fully saturated rings. The van der Waals surface area contributed by atoms with Crippen LogP contribution in [0.15, 0.2) is 18.2 Å². The van der Waals surface area contributed by atoms with E-state index in [4.69, 9.17) is 9.47 Å². The average molecular weight is 398 g/mol. The molecule has 0 unspecified atom stereocenters. The zero-order valence-corrected chi connectivity index (χ0v) is 16.3. The number of hydrogen-bond donors (Lipinski definition) is 1. The van der Waals surface area contributed by atoms with E-state index in [1.54, 1.807) is 20.8 Å². The maximum Gasteiger partial charge on any atom is 0.411 e. The van der Waals surface area contributed by atoms with Gasteiger partial charge in [0.15, 0.2) is 6.10 Å². The van der Waals surface area contributed by atoms with E-state index in [0.29, 0.717) is 25.5 Å². The number of carbonyl (C=O) groups excluding carboxylic acids is 3. The monoisotopic (exact) mass is 398 g/mol. The van der Waals surface area contributed by atoms with Crippen LogP contribution in [-0.4, -0.2) is 47.2 Å². The van der Waals surface area contributed by atoms with Crippen LogP contribution in [0.5, 0.6) is 0 Å². The molecule has 7 nitrogen and oxygen atoms in total. The SMILES string of the molecule is C[C@H](OC(=O)[C@@H]1CCCN1C(=O)OC(C)(C)C)C(=O)Nc1ccc(F)cc1F. The Morgan fingerprint density at radius 1 is 1.25 bits per heavy atom. The number of likely N-dealkylation sites (tertiary alicyclic amines) is 1. The predicted molar refractivity (Wildman–Crippen MR) is 96.5 cm³/mol. The van der Waals surface area contributed by atoms with Crippen molar-refractivity contribution in [1.29, 1.82) is 0 Å². The first-order chi connectivity index (χ1) is 13.0. The summed E-state index contributed by atoms with van der Waals surface area (Å²) >= 11 is 0. The summed E-state index contributed by atoms with van der Waals surface area (Å²) in [6.45, 7) is 6.82. The summed E-state index contributed by atoms with van der Waals surface area (Å²) in [5.41, 5.74) is -0.939. The van der Waals surface area contributed by atoms with Crippen LogP contribution in [0.2, 0.25) is 0 Å². The molecule has 0 aromatic heterocycles. The topological polar surface area (TPSA) is 84.9 Å². The van der Waals surface area contributed by atoms with E-state index in [1.807, 2.05) is 0 Å². The highest BCUT2D eigenvalue weighted by Gasteiger charge is 2.38. The predicted octanol–water partition coefficient (Wildman–Crippen LogP) is 3.23. The molecule has 1 saturated heterocycles. The fraction of sp³-hybridized carbons (Fsp3) is 0.526. The first kappa shape index (κ1) is 21.6. The minimum Gasteiger partial charge on any atom is -0.451 e. The fourth-order valence-electron chi connectivity index (χ4n) is 2.68. The standard InChI is InChI=1S/C19H24F2N2O5/c1-11(16(24)22-14-8-7-12(20)10-13(14)21)27-17(25)15-6-5-9-23(15)18(26)28-19(2,3)4/h7-8,10-11,15H,5-6,9H2,1-4H3,(H,22,24)/t11-,15-/m0/s1. The number of esters is 1. The molecule has 0 saturated carbocycles. The molecule has 1 N–H and O–H groups in total. The molecular formula is C19H24F2N2O5. The lowest BCUT2D eigenvalue weighted by Gasteiger charge is -2.28. The van der Waals surface area contributed by atoms with Gasteiger partial charge in [-0.1, -0.05) is 0 Å². The quantitative estimate of drug-likeness (QED) is 0.787. The molecule has 2 amide bonds. The second-order valence-corrected chi connectivity index (χ2v) is 7.52. The molecule has 1 aliphatic rings. The lowest BCUT2D eigenvalue weighted by Crippen LogP contribution is -2.45. The normalized spacial score (nSPS) is 17.8. The van der Waals surface area contributed by atoms with Crippen molar-refractivity contribution in [2.75, 3.05) is 11.9 Å². The van der Waals surface area contributed by atoms with Gasteiger partial charge in [-0.25, -0.2) is 18.4 Å². The molecule has 154 valence electrons. The number of hydrogen-bond acceptors (Lipinski definition) is 5. The number of rotatable bonds is 4. The molecule has 0 aliphatic carbocycles.